The quantitative estimate of drug-likeness (QED) is 0.0709. The monoisotopic (exact) mass is 758 g/mol. The van der Waals surface area contributed by atoms with E-state index in [0.29, 0.717) is 0 Å². The number of nitrogens with one attached hydrogen (secondary N) is 4. The Balaban J connectivity index is 5.84. The molecule has 0 heterocycles. The lowest BCUT2D eigenvalue weighted by molar-refractivity contribution is -0.166. The summed E-state index contributed by atoms with van der Waals surface area (Å²) in [6.45, 7) is 21.8. The highest BCUT2D eigenvalue weighted by atomic mass is 16.6. The first-order valence-electron chi connectivity index (χ1n) is 18.0. The van der Waals surface area contributed by atoms with Crippen molar-refractivity contribution in [2.45, 2.75) is 146 Å². The molecule has 0 aliphatic carbocycles. The molecule has 0 saturated heterocycles. The number of amides is 4. The Morgan fingerprint density at radius 1 is 0.396 bits per heavy atom. The minimum Gasteiger partial charge on any atom is -0.480 e. The summed E-state index contributed by atoms with van der Waals surface area (Å²) in [5.74, 6) is -10.6. The van der Waals surface area contributed by atoms with Gasteiger partial charge in [-0.15, -0.1) is 0 Å². The van der Waals surface area contributed by atoms with E-state index >= 15 is 0 Å². The summed E-state index contributed by atoms with van der Waals surface area (Å²) in [5.41, 5.74) is 0. The maximum absolute atomic E-state index is 13.4. The summed E-state index contributed by atoms with van der Waals surface area (Å²) < 4.78 is 16.3. The summed E-state index contributed by atoms with van der Waals surface area (Å²) in [5, 5.41) is 28.8. The summed E-state index contributed by atoms with van der Waals surface area (Å²) >= 11 is 0. The smallest absolute Gasteiger partial charge is 0.329 e. The number of esters is 3. The van der Waals surface area contributed by atoms with Crippen molar-refractivity contribution in [3.8, 4) is 0 Å². The van der Waals surface area contributed by atoms with E-state index in [1.807, 2.05) is 0 Å². The van der Waals surface area contributed by atoms with Crippen molar-refractivity contribution in [3.63, 3.8) is 0 Å². The molecule has 0 radical (unpaired) electrons. The maximum Gasteiger partial charge on any atom is 0.329 e. The van der Waals surface area contributed by atoms with E-state index in [0.717, 1.165) is 0 Å². The highest BCUT2D eigenvalue weighted by Gasteiger charge is 2.38. The SMILES string of the molecule is CC(C)[C@H](NC(=O)[C@@H](OC(=O)[C@@H](NC(=O)[C@@H](C)OC(=O)[C@@H](NC(=O)[C@@H](OC(=O)[C@@H](NC(=O)[C@H](C)O)C(C)C)C(C)C)C(C)C)C(C)C)C(C)C)C(=O)O. The Labute approximate surface area is 312 Å². The molecule has 0 aliphatic heterocycles. The Morgan fingerprint density at radius 3 is 0.962 bits per heavy atom. The van der Waals surface area contributed by atoms with Crippen LogP contribution in [0.2, 0.25) is 0 Å². The van der Waals surface area contributed by atoms with E-state index in [1.54, 1.807) is 83.1 Å². The molecule has 0 spiro atoms. The molecule has 0 aliphatic rings. The highest BCUT2D eigenvalue weighted by Crippen LogP contribution is 2.16. The van der Waals surface area contributed by atoms with Gasteiger partial charge in [0.05, 0.1) is 0 Å². The fraction of sp³-hybridized carbons (Fsp3) is 0.778. The van der Waals surface area contributed by atoms with E-state index in [4.69, 9.17) is 14.2 Å². The van der Waals surface area contributed by atoms with Crippen molar-refractivity contribution in [3.05, 3.63) is 0 Å². The molecule has 0 unspecified atom stereocenters. The van der Waals surface area contributed by atoms with Crippen molar-refractivity contribution in [2.24, 2.45) is 35.5 Å². The normalized spacial score (nSPS) is 16.2. The molecule has 6 N–H and O–H groups in total. The molecule has 304 valence electrons. The summed E-state index contributed by atoms with van der Waals surface area (Å²) in [6.07, 6.45) is -5.62. The van der Waals surface area contributed by atoms with Gasteiger partial charge in [0.2, 0.25) is 5.91 Å². The van der Waals surface area contributed by atoms with Crippen LogP contribution in [0.15, 0.2) is 0 Å². The van der Waals surface area contributed by atoms with Gasteiger partial charge in [0.25, 0.3) is 17.7 Å². The molecule has 8 atom stereocenters. The van der Waals surface area contributed by atoms with Gasteiger partial charge in [-0.1, -0.05) is 83.1 Å². The highest BCUT2D eigenvalue weighted by molar-refractivity contribution is 5.93. The number of carbonyl (C=O) groups excluding carboxylic acids is 7. The molecule has 17 nitrogen and oxygen atoms in total. The van der Waals surface area contributed by atoms with Crippen LogP contribution in [0.25, 0.3) is 0 Å². The Bertz CT molecular complexity index is 1300. The third kappa shape index (κ3) is 15.7. The zero-order valence-corrected chi connectivity index (χ0v) is 33.5. The number of rotatable bonds is 21. The van der Waals surface area contributed by atoms with E-state index in [1.165, 1.54) is 13.8 Å². The third-order valence-corrected chi connectivity index (χ3v) is 8.14. The molecular formula is C36H62N4O13. The molecule has 0 saturated carbocycles. The lowest BCUT2D eigenvalue weighted by Gasteiger charge is -2.29. The van der Waals surface area contributed by atoms with Crippen molar-refractivity contribution in [1.29, 1.82) is 0 Å². The molecule has 53 heavy (non-hydrogen) atoms. The number of ether oxygens (including phenoxy) is 3. The lowest BCUT2D eigenvalue weighted by Crippen LogP contribution is -2.55. The summed E-state index contributed by atoms with van der Waals surface area (Å²) in [4.78, 5) is 103. The molecule has 4 amide bonds. The first-order chi connectivity index (χ1) is 24.2. The van der Waals surface area contributed by atoms with Crippen molar-refractivity contribution < 1.29 is 62.8 Å². The van der Waals surface area contributed by atoms with Crippen LogP contribution in [0.4, 0.5) is 0 Å². The van der Waals surface area contributed by atoms with E-state index in [-0.39, 0.29) is 0 Å². The van der Waals surface area contributed by atoms with Gasteiger partial charge in [-0.2, -0.15) is 0 Å². The van der Waals surface area contributed by atoms with E-state index < -0.39 is 132 Å². The minimum atomic E-state index is -1.47. The van der Waals surface area contributed by atoms with Crippen LogP contribution in [-0.4, -0.2) is 106 Å². The van der Waals surface area contributed by atoms with Crippen LogP contribution in [0.1, 0.15) is 96.9 Å². The number of carboxylic acids is 1. The molecule has 0 bridgehead atoms. The van der Waals surface area contributed by atoms with Crippen LogP contribution >= 0.6 is 0 Å². The standard InChI is InChI=1S/C36H62N4O13/c1-15(2)23(33(46)47)37-31(44)27(19(9)10)52-36(50)26(18(7)8)39-30(43)22(14)51-34(48)24(16(3)4)40-32(45)28(20(11)12)53-35(49)25(17(5)6)38-29(42)21(13)41/h15-28,41H,1-14H3,(H,37,44)(H,38,42)(H,39,43)(H,40,45)(H,46,47)/t21-,22+,23-,24-,25-,26-,27-,28-/m0/s1. The van der Waals surface area contributed by atoms with Gasteiger partial charge < -0.3 is 45.7 Å². The number of carbonyl (C=O) groups is 8. The van der Waals surface area contributed by atoms with Crippen molar-refractivity contribution in [2.75, 3.05) is 0 Å². The number of aliphatic hydroxyl groups is 1. The largest absolute Gasteiger partial charge is 0.480 e. The molecule has 17 heteroatoms. The van der Waals surface area contributed by atoms with Gasteiger partial charge >= 0.3 is 23.9 Å². The second kappa shape index (κ2) is 22.1. The lowest BCUT2D eigenvalue weighted by atomic mass is 10.0. The van der Waals surface area contributed by atoms with Crippen molar-refractivity contribution in [1.82, 2.24) is 21.3 Å². The van der Waals surface area contributed by atoms with Crippen LogP contribution in [-0.2, 0) is 52.6 Å². The van der Waals surface area contributed by atoms with E-state index in [9.17, 15) is 48.6 Å². The van der Waals surface area contributed by atoms with E-state index in [2.05, 4.69) is 21.3 Å². The molecule has 0 rings (SSSR count). The zero-order chi connectivity index (χ0) is 41.7. The predicted octanol–water partition coefficient (Wildman–Crippen LogP) is 1.08. The fourth-order valence-electron chi connectivity index (χ4n) is 4.70. The first kappa shape index (κ1) is 48.7. The first-order valence-corrected chi connectivity index (χ1v) is 18.0. The second-order valence-electron chi connectivity index (χ2n) is 15.2. The predicted molar refractivity (Wildman–Crippen MR) is 191 cm³/mol. The Hall–Kier alpha value is -4.28. The minimum absolute atomic E-state index is 0.454. The molecule has 0 aromatic heterocycles. The summed E-state index contributed by atoms with van der Waals surface area (Å²) in [6, 6.07) is -4.99. The zero-order valence-electron chi connectivity index (χ0n) is 33.5. The Kier molecular flexibility index (Phi) is 20.3. The van der Waals surface area contributed by atoms with Gasteiger partial charge in [0.1, 0.15) is 30.3 Å². The van der Waals surface area contributed by atoms with Crippen LogP contribution in [0.3, 0.4) is 0 Å². The molecule has 0 aromatic carbocycles. The van der Waals surface area contributed by atoms with Gasteiger partial charge in [0.15, 0.2) is 18.3 Å². The average molecular weight is 759 g/mol. The van der Waals surface area contributed by atoms with Gasteiger partial charge in [-0.25, -0.2) is 19.2 Å². The van der Waals surface area contributed by atoms with Crippen molar-refractivity contribution >= 4 is 47.5 Å². The van der Waals surface area contributed by atoms with Crippen LogP contribution in [0, 0.1) is 35.5 Å². The number of aliphatic carboxylic acids is 1. The fourth-order valence-corrected chi connectivity index (χ4v) is 4.70. The van der Waals surface area contributed by atoms with Crippen LogP contribution in [0.5, 0.6) is 0 Å². The molecule has 0 fully saturated rings. The second-order valence-corrected chi connectivity index (χ2v) is 15.2. The van der Waals surface area contributed by atoms with Gasteiger partial charge in [-0.05, 0) is 49.4 Å². The summed E-state index contributed by atoms with van der Waals surface area (Å²) in [7, 11) is 0. The maximum atomic E-state index is 13.4. The average Bonchev–Trinajstić information content (AvgIpc) is 3.02. The molecule has 0 aromatic rings. The third-order valence-electron chi connectivity index (χ3n) is 8.14. The number of carboxylic acid groups (broad SMARTS) is 1. The number of aliphatic hydroxyl groups excluding tert-OH is 1. The number of hydrogen-bond donors (Lipinski definition) is 6. The topological polar surface area (TPSA) is 253 Å². The molecular weight excluding hydrogens is 696 g/mol. The number of hydrogen-bond acceptors (Lipinski definition) is 12. The van der Waals surface area contributed by atoms with Crippen LogP contribution < -0.4 is 21.3 Å². The van der Waals surface area contributed by atoms with Gasteiger partial charge in [0, 0.05) is 0 Å². The Morgan fingerprint density at radius 2 is 0.679 bits per heavy atom. The van der Waals surface area contributed by atoms with Gasteiger partial charge in [-0.3, -0.25) is 19.2 Å².